The summed E-state index contributed by atoms with van der Waals surface area (Å²) in [7, 11) is 3.17. The molecule has 1 N–H and O–H groups in total. The quantitative estimate of drug-likeness (QED) is 0.778. The van der Waals surface area contributed by atoms with Crippen molar-refractivity contribution in [2.45, 2.75) is 26.7 Å². The van der Waals surface area contributed by atoms with Crippen LogP contribution >= 0.6 is 0 Å². The van der Waals surface area contributed by atoms with Crippen LogP contribution in [0.15, 0.2) is 36.4 Å². The van der Waals surface area contributed by atoms with Gasteiger partial charge in [-0.2, -0.15) is 0 Å². The summed E-state index contributed by atoms with van der Waals surface area (Å²) in [4.78, 5) is 23.7. The number of ether oxygens (including phenoxy) is 2. The molecule has 0 atom stereocenters. The summed E-state index contributed by atoms with van der Waals surface area (Å²) in [5.74, 6) is 1.18. The summed E-state index contributed by atoms with van der Waals surface area (Å²) in [6.45, 7) is 3.40. The SMILES string of the molecule is COc1ccc(CCC(=O)Nc2cc(C(C)=O)ccc2C)cc1OC. The van der Waals surface area contributed by atoms with Crippen LogP contribution in [0.4, 0.5) is 5.69 Å². The van der Waals surface area contributed by atoms with Crippen molar-refractivity contribution in [3.8, 4) is 11.5 Å². The number of amides is 1. The van der Waals surface area contributed by atoms with E-state index in [4.69, 9.17) is 9.47 Å². The van der Waals surface area contributed by atoms with Crippen LogP contribution in [0.3, 0.4) is 0 Å². The second kappa shape index (κ2) is 8.33. The van der Waals surface area contributed by atoms with E-state index in [1.807, 2.05) is 31.2 Å². The number of Topliss-reactive ketones (excluding diaryl/α,β-unsaturated/α-hetero) is 1. The lowest BCUT2D eigenvalue weighted by molar-refractivity contribution is -0.116. The van der Waals surface area contributed by atoms with Crippen molar-refractivity contribution in [1.29, 1.82) is 0 Å². The Kier molecular flexibility index (Phi) is 6.17. The largest absolute Gasteiger partial charge is 0.493 e. The molecule has 2 rings (SSSR count). The Balaban J connectivity index is 2.02. The topological polar surface area (TPSA) is 64.6 Å². The van der Waals surface area contributed by atoms with Gasteiger partial charge in [-0.1, -0.05) is 18.2 Å². The number of carbonyl (C=O) groups is 2. The van der Waals surface area contributed by atoms with E-state index >= 15 is 0 Å². The molecule has 0 spiro atoms. The van der Waals surface area contributed by atoms with Crippen LogP contribution in [-0.4, -0.2) is 25.9 Å². The van der Waals surface area contributed by atoms with Crippen LogP contribution in [0.1, 0.15) is 34.8 Å². The van der Waals surface area contributed by atoms with Gasteiger partial charge in [0, 0.05) is 17.7 Å². The molecule has 0 fully saturated rings. The average Bonchev–Trinajstić information content (AvgIpc) is 2.61. The lowest BCUT2D eigenvalue weighted by Crippen LogP contribution is -2.13. The molecule has 0 unspecified atom stereocenters. The molecule has 1 amide bonds. The zero-order valence-corrected chi connectivity index (χ0v) is 15.0. The van der Waals surface area contributed by atoms with Gasteiger partial charge >= 0.3 is 0 Å². The molecule has 0 heterocycles. The molecular weight excluding hydrogens is 318 g/mol. The van der Waals surface area contributed by atoms with E-state index in [0.29, 0.717) is 35.6 Å². The van der Waals surface area contributed by atoms with Crippen LogP contribution < -0.4 is 14.8 Å². The Hall–Kier alpha value is -2.82. The van der Waals surface area contributed by atoms with Crippen molar-refractivity contribution in [1.82, 2.24) is 0 Å². The molecule has 2 aromatic carbocycles. The highest BCUT2D eigenvalue weighted by atomic mass is 16.5. The minimum atomic E-state index is -0.0985. The number of hydrogen-bond donors (Lipinski definition) is 1. The van der Waals surface area contributed by atoms with Gasteiger partial charge in [0.15, 0.2) is 17.3 Å². The molecule has 0 saturated carbocycles. The van der Waals surface area contributed by atoms with E-state index in [1.54, 1.807) is 26.4 Å². The maximum Gasteiger partial charge on any atom is 0.224 e. The zero-order valence-electron chi connectivity index (χ0n) is 15.0. The predicted octanol–water partition coefficient (Wildman–Crippen LogP) is 3.79. The second-order valence-corrected chi connectivity index (χ2v) is 5.82. The Labute approximate surface area is 148 Å². The fourth-order valence-electron chi connectivity index (χ4n) is 2.48. The normalized spacial score (nSPS) is 10.2. The van der Waals surface area contributed by atoms with E-state index < -0.39 is 0 Å². The first kappa shape index (κ1) is 18.5. The van der Waals surface area contributed by atoms with Crippen molar-refractivity contribution in [2.75, 3.05) is 19.5 Å². The first-order chi connectivity index (χ1) is 11.9. The number of nitrogens with one attached hydrogen (secondary N) is 1. The number of hydrogen-bond acceptors (Lipinski definition) is 4. The first-order valence-electron chi connectivity index (χ1n) is 8.07. The summed E-state index contributed by atoms with van der Waals surface area (Å²) in [6, 6.07) is 10.9. The lowest BCUT2D eigenvalue weighted by Gasteiger charge is -2.11. The van der Waals surface area contributed by atoms with Crippen LogP contribution in [0.5, 0.6) is 11.5 Å². The Morgan fingerprint density at radius 3 is 2.36 bits per heavy atom. The van der Waals surface area contributed by atoms with Crippen LogP contribution in [0.2, 0.25) is 0 Å². The zero-order chi connectivity index (χ0) is 18.4. The summed E-state index contributed by atoms with van der Waals surface area (Å²) in [6.07, 6.45) is 0.914. The maximum atomic E-state index is 12.2. The average molecular weight is 341 g/mol. The van der Waals surface area contributed by atoms with Gasteiger partial charge in [0.25, 0.3) is 0 Å². The van der Waals surface area contributed by atoms with Gasteiger partial charge in [-0.05, 0) is 49.6 Å². The Bertz CT molecular complexity index is 783. The molecule has 0 radical (unpaired) electrons. The summed E-state index contributed by atoms with van der Waals surface area (Å²) in [5.41, 5.74) is 3.16. The Morgan fingerprint density at radius 1 is 1.00 bits per heavy atom. The number of rotatable bonds is 7. The first-order valence-corrected chi connectivity index (χ1v) is 8.07. The maximum absolute atomic E-state index is 12.2. The molecule has 0 saturated heterocycles. The van der Waals surface area contributed by atoms with Gasteiger partial charge in [0.1, 0.15) is 0 Å². The van der Waals surface area contributed by atoms with E-state index in [1.165, 1.54) is 6.92 Å². The van der Waals surface area contributed by atoms with E-state index in [2.05, 4.69) is 5.32 Å². The number of methoxy groups -OCH3 is 2. The van der Waals surface area contributed by atoms with E-state index in [-0.39, 0.29) is 11.7 Å². The summed E-state index contributed by atoms with van der Waals surface area (Å²) in [5, 5.41) is 2.88. The molecular formula is C20H23NO4. The van der Waals surface area contributed by atoms with Crippen molar-refractivity contribution >= 4 is 17.4 Å². The monoisotopic (exact) mass is 341 g/mol. The molecule has 0 bridgehead atoms. The number of benzene rings is 2. The second-order valence-electron chi connectivity index (χ2n) is 5.82. The molecule has 0 aliphatic heterocycles. The minimum absolute atomic E-state index is 0.0270. The van der Waals surface area contributed by atoms with Gasteiger partial charge in [-0.15, -0.1) is 0 Å². The van der Waals surface area contributed by atoms with Crippen molar-refractivity contribution < 1.29 is 19.1 Å². The van der Waals surface area contributed by atoms with Crippen LogP contribution in [0.25, 0.3) is 0 Å². The van der Waals surface area contributed by atoms with Crippen molar-refractivity contribution in [2.24, 2.45) is 0 Å². The van der Waals surface area contributed by atoms with Crippen molar-refractivity contribution in [3.63, 3.8) is 0 Å². The predicted molar refractivity (Wildman–Crippen MR) is 97.7 cm³/mol. The van der Waals surface area contributed by atoms with Gasteiger partial charge in [0.2, 0.25) is 5.91 Å². The number of carbonyl (C=O) groups excluding carboxylic acids is 2. The molecule has 0 aliphatic carbocycles. The number of anilines is 1. The van der Waals surface area contributed by atoms with Crippen LogP contribution in [-0.2, 0) is 11.2 Å². The third-order valence-electron chi connectivity index (χ3n) is 4.01. The number of ketones is 1. The Morgan fingerprint density at radius 2 is 1.72 bits per heavy atom. The van der Waals surface area contributed by atoms with Gasteiger partial charge < -0.3 is 14.8 Å². The fourth-order valence-corrected chi connectivity index (χ4v) is 2.48. The van der Waals surface area contributed by atoms with Gasteiger partial charge in [-0.3, -0.25) is 9.59 Å². The third kappa shape index (κ3) is 4.83. The summed E-state index contributed by atoms with van der Waals surface area (Å²) < 4.78 is 10.5. The minimum Gasteiger partial charge on any atom is -0.493 e. The summed E-state index contributed by atoms with van der Waals surface area (Å²) >= 11 is 0. The molecule has 5 heteroatoms. The molecule has 0 aromatic heterocycles. The third-order valence-corrected chi connectivity index (χ3v) is 4.01. The van der Waals surface area contributed by atoms with Gasteiger partial charge in [-0.25, -0.2) is 0 Å². The van der Waals surface area contributed by atoms with E-state index in [9.17, 15) is 9.59 Å². The lowest BCUT2D eigenvalue weighted by atomic mass is 10.1. The highest BCUT2D eigenvalue weighted by molar-refractivity contribution is 5.97. The fraction of sp³-hybridized carbons (Fsp3) is 0.300. The highest BCUT2D eigenvalue weighted by Crippen LogP contribution is 2.28. The standard InChI is InChI=1S/C20H23NO4/c1-13-5-8-16(14(2)22)12-17(13)21-20(23)10-7-15-6-9-18(24-3)19(11-15)25-4/h5-6,8-9,11-12H,7,10H2,1-4H3,(H,21,23). The van der Waals surface area contributed by atoms with Crippen LogP contribution in [0, 0.1) is 6.92 Å². The molecule has 5 nitrogen and oxygen atoms in total. The molecule has 132 valence electrons. The van der Waals surface area contributed by atoms with E-state index in [0.717, 1.165) is 11.1 Å². The molecule has 0 aliphatic rings. The smallest absolute Gasteiger partial charge is 0.224 e. The van der Waals surface area contributed by atoms with Crippen molar-refractivity contribution in [3.05, 3.63) is 53.1 Å². The number of aryl methyl sites for hydroxylation is 2. The molecule has 25 heavy (non-hydrogen) atoms. The van der Waals surface area contributed by atoms with Gasteiger partial charge in [0.05, 0.1) is 14.2 Å². The highest BCUT2D eigenvalue weighted by Gasteiger charge is 2.10. The molecule has 2 aromatic rings.